The lowest BCUT2D eigenvalue weighted by atomic mass is 9.83. The minimum atomic E-state index is -4.49. The number of hydrogen-bond acceptors (Lipinski definition) is 5. The number of fused-ring (bicyclic) bond motifs is 1. The first kappa shape index (κ1) is 17.9. The summed E-state index contributed by atoms with van der Waals surface area (Å²) < 4.78 is 38.5. The number of nitrogens with zero attached hydrogens (tertiary/aromatic N) is 4. The lowest BCUT2D eigenvalue weighted by Gasteiger charge is -2.47. The monoisotopic (exact) mass is 358 g/mol. The fourth-order valence-electron chi connectivity index (χ4n) is 3.72. The molecule has 2 atom stereocenters. The largest absolute Gasteiger partial charge is 0.433 e. The Morgan fingerprint density at radius 2 is 2.12 bits per heavy atom. The van der Waals surface area contributed by atoms with E-state index in [2.05, 4.69) is 9.97 Å². The van der Waals surface area contributed by atoms with Crippen LogP contribution in [0.5, 0.6) is 0 Å². The number of carbonyl (C=O) groups excluding carboxylic acids is 1. The van der Waals surface area contributed by atoms with Crippen LogP contribution in [0.25, 0.3) is 0 Å². The summed E-state index contributed by atoms with van der Waals surface area (Å²) in [7, 11) is 0. The van der Waals surface area contributed by atoms with Crippen LogP contribution in [-0.4, -0.2) is 58.2 Å². The van der Waals surface area contributed by atoms with Crippen molar-refractivity contribution in [2.45, 2.75) is 37.9 Å². The molecule has 0 saturated carbocycles. The zero-order chi connectivity index (χ0) is 18.0. The van der Waals surface area contributed by atoms with Gasteiger partial charge in [-0.3, -0.25) is 4.79 Å². The molecule has 0 aromatic carbocycles. The zero-order valence-electron chi connectivity index (χ0n) is 13.7. The zero-order valence-corrected chi connectivity index (χ0v) is 13.7. The van der Waals surface area contributed by atoms with Gasteiger partial charge in [-0.25, -0.2) is 9.97 Å². The maximum atomic E-state index is 12.8. The lowest BCUT2D eigenvalue weighted by molar-refractivity contribution is -0.141. The average Bonchev–Trinajstić information content (AvgIpc) is 2.60. The van der Waals surface area contributed by atoms with Crippen LogP contribution in [-0.2, 0) is 11.0 Å². The second-order valence-electron chi connectivity index (χ2n) is 6.50. The molecule has 1 aromatic heterocycles. The molecule has 3 heterocycles. The highest BCUT2D eigenvalue weighted by Gasteiger charge is 2.40. The summed E-state index contributed by atoms with van der Waals surface area (Å²) in [6.07, 6.45) is -1.00. The van der Waals surface area contributed by atoms with Gasteiger partial charge in [0, 0.05) is 44.9 Å². The molecule has 0 unspecified atom stereocenters. The first-order valence-corrected chi connectivity index (χ1v) is 8.45. The first-order chi connectivity index (χ1) is 11.9. The number of halogens is 3. The van der Waals surface area contributed by atoms with Crippen molar-refractivity contribution in [2.75, 3.05) is 31.1 Å². The molecule has 0 radical (unpaired) electrons. The molecule has 6 nitrogen and oxygen atoms in total. The minimum Gasteiger partial charge on any atom is -0.396 e. The van der Waals surface area contributed by atoms with Crippen LogP contribution in [0.4, 0.5) is 19.1 Å². The number of alkyl halides is 3. The number of carbonyl (C=O) groups is 1. The van der Waals surface area contributed by atoms with E-state index in [0.717, 1.165) is 12.3 Å². The van der Waals surface area contributed by atoms with Gasteiger partial charge in [0.15, 0.2) is 0 Å². The number of aromatic nitrogens is 2. The molecule has 9 heteroatoms. The summed E-state index contributed by atoms with van der Waals surface area (Å²) in [6.45, 7) is 1.60. The lowest BCUT2D eigenvalue weighted by Crippen LogP contribution is -2.56. The molecule has 138 valence electrons. The summed E-state index contributed by atoms with van der Waals surface area (Å²) in [4.78, 5) is 23.4. The fourth-order valence-corrected chi connectivity index (χ4v) is 3.72. The Labute approximate surface area is 143 Å². The van der Waals surface area contributed by atoms with Gasteiger partial charge < -0.3 is 14.9 Å². The third kappa shape index (κ3) is 3.86. The van der Waals surface area contributed by atoms with E-state index in [0.29, 0.717) is 45.3 Å². The highest BCUT2D eigenvalue weighted by molar-refractivity contribution is 5.77. The van der Waals surface area contributed by atoms with Gasteiger partial charge in [0.2, 0.25) is 11.9 Å². The Morgan fingerprint density at radius 1 is 1.32 bits per heavy atom. The Bertz CT molecular complexity index is 626. The van der Waals surface area contributed by atoms with Crippen molar-refractivity contribution in [3.05, 3.63) is 18.0 Å². The second-order valence-corrected chi connectivity index (χ2v) is 6.50. The molecule has 2 aliphatic heterocycles. The molecule has 2 saturated heterocycles. The van der Waals surface area contributed by atoms with Crippen molar-refractivity contribution in [1.82, 2.24) is 14.9 Å². The summed E-state index contributed by atoms with van der Waals surface area (Å²) in [5.74, 6) is 0.369. The number of hydrogen-bond donors (Lipinski definition) is 1. The van der Waals surface area contributed by atoms with E-state index < -0.39 is 11.9 Å². The Hall–Kier alpha value is -1.90. The van der Waals surface area contributed by atoms with Crippen molar-refractivity contribution in [2.24, 2.45) is 5.92 Å². The van der Waals surface area contributed by atoms with Crippen LogP contribution in [0.15, 0.2) is 12.3 Å². The van der Waals surface area contributed by atoms with Crippen molar-refractivity contribution in [3.63, 3.8) is 0 Å². The van der Waals surface area contributed by atoms with Crippen molar-refractivity contribution < 1.29 is 23.1 Å². The minimum absolute atomic E-state index is 0.0331. The number of likely N-dealkylation sites (tertiary alicyclic amines) is 1. The van der Waals surface area contributed by atoms with Crippen LogP contribution in [0.3, 0.4) is 0 Å². The van der Waals surface area contributed by atoms with Gasteiger partial charge >= 0.3 is 6.18 Å². The van der Waals surface area contributed by atoms with Crippen LogP contribution < -0.4 is 4.90 Å². The van der Waals surface area contributed by atoms with Crippen LogP contribution in [0.2, 0.25) is 0 Å². The van der Waals surface area contributed by atoms with Crippen LogP contribution >= 0.6 is 0 Å². The number of rotatable bonds is 4. The Kier molecular flexibility index (Phi) is 5.12. The highest BCUT2D eigenvalue weighted by Crippen LogP contribution is 2.33. The summed E-state index contributed by atoms with van der Waals surface area (Å²) >= 11 is 0. The predicted octanol–water partition coefficient (Wildman–Crippen LogP) is 1.70. The van der Waals surface area contributed by atoms with E-state index >= 15 is 0 Å². The number of aliphatic hydroxyl groups excluding tert-OH is 1. The molecular formula is C16H21F3N4O2. The molecular weight excluding hydrogens is 337 g/mol. The van der Waals surface area contributed by atoms with Gasteiger partial charge in [-0.1, -0.05) is 0 Å². The van der Waals surface area contributed by atoms with Crippen molar-refractivity contribution in [3.8, 4) is 0 Å². The van der Waals surface area contributed by atoms with E-state index in [-0.39, 0.29) is 30.4 Å². The van der Waals surface area contributed by atoms with Crippen LogP contribution in [0, 0.1) is 5.92 Å². The SMILES string of the molecule is O=C1CC[C@H]2CN(c3nccc(C(F)(F)F)n3)CC[C@H]2N1CCCO. The second kappa shape index (κ2) is 7.15. The van der Waals surface area contributed by atoms with Gasteiger partial charge in [0.1, 0.15) is 5.69 Å². The predicted molar refractivity (Wildman–Crippen MR) is 83.8 cm³/mol. The van der Waals surface area contributed by atoms with E-state index in [4.69, 9.17) is 5.11 Å². The third-order valence-electron chi connectivity index (χ3n) is 4.92. The average molecular weight is 358 g/mol. The molecule has 1 amide bonds. The number of anilines is 1. The summed E-state index contributed by atoms with van der Waals surface area (Å²) in [6, 6.07) is 0.946. The third-order valence-corrected chi connectivity index (χ3v) is 4.92. The smallest absolute Gasteiger partial charge is 0.396 e. The van der Waals surface area contributed by atoms with Gasteiger partial charge in [-0.05, 0) is 31.2 Å². The molecule has 2 aliphatic rings. The number of amides is 1. The molecule has 0 bridgehead atoms. The molecule has 2 fully saturated rings. The topological polar surface area (TPSA) is 69.6 Å². The molecule has 0 aliphatic carbocycles. The fraction of sp³-hybridized carbons (Fsp3) is 0.688. The number of aliphatic hydroxyl groups is 1. The first-order valence-electron chi connectivity index (χ1n) is 8.45. The van der Waals surface area contributed by atoms with Gasteiger partial charge in [0.25, 0.3) is 0 Å². The number of piperidine rings is 2. The quantitative estimate of drug-likeness (QED) is 0.887. The molecule has 1 aromatic rings. The van der Waals surface area contributed by atoms with E-state index in [9.17, 15) is 18.0 Å². The molecule has 0 spiro atoms. The highest BCUT2D eigenvalue weighted by atomic mass is 19.4. The maximum Gasteiger partial charge on any atom is 0.433 e. The Morgan fingerprint density at radius 3 is 2.84 bits per heavy atom. The van der Waals surface area contributed by atoms with Crippen molar-refractivity contribution in [1.29, 1.82) is 0 Å². The molecule has 1 N–H and O–H groups in total. The molecule has 3 rings (SSSR count). The van der Waals surface area contributed by atoms with Crippen LogP contribution in [0.1, 0.15) is 31.4 Å². The maximum absolute atomic E-state index is 12.8. The van der Waals surface area contributed by atoms with Gasteiger partial charge in [0.05, 0.1) is 0 Å². The van der Waals surface area contributed by atoms with Crippen molar-refractivity contribution >= 4 is 11.9 Å². The summed E-state index contributed by atoms with van der Waals surface area (Å²) in [5, 5.41) is 9.01. The summed E-state index contributed by atoms with van der Waals surface area (Å²) in [5.41, 5.74) is -0.942. The van der Waals surface area contributed by atoms with E-state index in [1.807, 2.05) is 4.90 Å². The standard InChI is InChI=1S/C16H21F3N4O2/c17-16(18,19)13-4-6-20-15(21-13)22-8-5-12-11(10-22)2-3-14(25)23(12)7-1-9-24/h4,6,11-12,24H,1-3,5,7-10H2/t11-,12+/m0/s1. The van der Waals surface area contributed by atoms with E-state index in [1.165, 1.54) is 0 Å². The van der Waals surface area contributed by atoms with E-state index in [1.54, 1.807) is 4.90 Å². The Balaban J connectivity index is 1.72. The van der Waals surface area contributed by atoms with Gasteiger partial charge in [-0.15, -0.1) is 0 Å². The normalized spacial score (nSPS) is 24.4. The molecule has 25 heavy (non-hydrogen) atoms. The van der Waals surface area contributed by atoms with Gasteiger partial charge in [-0.2, -0.15) is 13.2 Å².